The number of rotatable bonds is 6. The van der Waals surface area contributed by atoms with Gasteiger partial charge in [-0.15, -0.1) is 0 Å². The SMILES string of the molecule is CC(=O)O[C@H]1C(C)O[C@@H](Oc2c(-c3cc(O)c(O)c(O)c3)oc3cc(O)cc(O)c3c2=O)[C@@H](OC(=O)c2cc(O)c(O)c(O)c2)C1O. The molecule has 0 bridgehead atoms. The number of benzene rings is 3. The van der Waals surface area contributed by atoms with Crippen LogP contribution in [0.15, 0.2) is 45.6 Å². The number of hydrogen-bond donors (Lipinski definition) is 9. The summed E-state index contributed by atoms with van der Waals surface area (Å²) in [5.41, 5.74) is -2.35. The van der Waals surface area contributed by atoms with Gasteiger partial charge in [0.2, 0.25) is 17.5 Å². The highest BCUT2D eigenvalue weighted by Crippen LogP contribution is 2.43. The van der Waals surface area contributed by atoms with Crippen LogP contribution in [0.2, 0.25) is 0 Å². The van der Waals surface area contributed by atoms with Crippen molar-refractivity contribution in [3.8, 4) is 63.1 Å². The van der Waals surface area contributed by atoms with Gasteiger partial charge in [0, 0.05) is 24.6 Å². The van der Waals surface area contributed by atoms with Crippen LogP contribution in [0.3, 0.4) is 0 Å². The molecule has 3 aromatic carbocycles. The molecule has 4 aromatic rings. The Balaban J connectivity index is 1.66. The third-order valence-electron chi connectivity index (χ3n) is 7.09. The Hall–Kier alpha value is -6.07. The van der Waals surface area contributed by atoms with Gasteiger partial charge in [-0.1, -0.05) is 0 Å². The van der Waals surface area contributed by atoms with Crippen molar-refractivity contribution in [1.29, 1.82) is 0 Å². The number of phenolic OH excluding ortho intramolecular Hbond substituents is 8. The fourth-order valence-corrected chi connectivity index (χ4v) is 4.90. The number of aromatic hydroxyl groups is 8. The number of aliphatic hydroxyl groups excluding tert-OH is 1. The van der Waals surface area contributed by atoms with Crippen molar-refractivity contribution in [3.05, 3.63) is 52.2 Å². The molecule has 0 amide bonds. The number of carbonyl (C=O) groups excluding carboxylic acids is 2. The maximum Gasteiger partial charge on any atom is 0.339 e. The molecular formula is C30H26O17. The lowest BCUT2D eigenvalue weighted by Gasteiger charge is -2.42. The molecule has 1 aliphatic rings. The summed E-state index contributed by atoms with van der Waals surface area (Å²) in [6.07, 6.45) is -8.50. The summed E-state index contributed by atoms with van der Waals surface area (Å²) in [7, 11) is 0. The van der Waals surface area contributed by atoms with Gasteiger partial charge in [0.05, 0.1) is 11.7 Å². The van der Waals surface area contributed by atoms with Crippen molar-refractivity contribution in [2.45, 2.75) is 44.6 Å². The Kier molecular flexibility index (Phi) is 8.27. The first kappa shape index (κ1) is 32.3. The van der Waals surface area contributed by atoms with E-state index in [1.165, 1.54) is 6.92 Å². The molecule has 17 nitrogen and oxygen atoms in total. The maximum absolute atomic E-state index is 13.8. The van der Waals surface area contributed by atoms with Crippen LogP contribution in [0.25, 0.3) is 22.3 Å². The van der Waals surface area contributed by atoms with E-state index in [2.05, 4.69) is 0 Å². The highest BCUT2D eigenvalue weighted by Gasteiger charge is 2.49. The van der Waals surface area contributed by atoms with Crippen LogP contribution in [0.5, 0.6) is 51.7 Å². The van der Waals surface area contributed by atoms with Crippen LogP contribution >= 0.6 is 0 Å². The van der Waals surface area contributed by atoms with Gasteiger partial charge in [0.25, 0.3) is 0 Å². The lowest BCUT2D eigenvalue weighted by Crippen LogP contribution is -2.61. The molecule has 5 rings (SSSR count). The molecule has 1 saturated heterocycles. The van der Waals surface area contributed by atoms with Crippen molar-refractivity contribution in [2.24, 2.45) is 0 Å². The molecule has 47 heavy (non-hydrogen) atoms. The maximum atomic E-state index is 13.8. The van der Waals surface area contributed by atoms with Crippen LogP contribution < -0.4 is 10.2 Å². The molecule has 1 aromatic heterocycles. The molecule has 1 fully saturated rings. The average Bonchev–Trinajstić information content (AvgIpc) is 2.98. The number of aliphatic hydroxyl groups is 1. The van der Waals surface area contributed by atoms with E-state index in [0.29, 0.717) is 0 Å². The topological polar surface area (TPSA) is 283 Å². The van der Waals surface area contributed by atoms with Crippen molar-refractivity contribution in [1.82, 2.24) is 0 Å². The minimum absolute atomic E-state index is 0.291. The smallest absolute Gasteiger partial charge is 0.339 e. The van der Waals surface area contributed by atoms with Gasteiger partial charge < -0.3 is 69.3 Å². The Morgan fingerprint density at radius 3 is 1.91 bits per heavy atom. The summed E-state index contributed by atoms with van der Waals surface area (Å²) in [4.78, 5) is 38.7. The average molecular weight is 659 g/mol. The Bertz CT molecular complexity index is 1920. The second kappa shape index (κ2) is 12.0. The quantitative estimate of drug-likeness (QED) is 0.105. The molecule has 0 spiro atoms. The molecule has 2 unspecified atom stereocenters. The van der Waals surface area contributed by atoms with Crippen molar-refractivity contribution in [2.75, 3.05) is 0 Å². The molecule has 0 radical (unpaired) electrons. The predicted octanol–water partition coefficient (Wildman–Crippen LogP) is 1.75. The van der Waals surface area contributed by atoms with E-state index in [1.54, 1.807) is 0 Å². The van der Waals surface area contributed by atoms with Crippen LogP contribution in [0, 0.1) is 0 Å². The molecule has 1 aliphatic heterocycles. The molecule has 0 aliphatic carbocycles. The van der Waals surface area contributed by atoms with E-state index in [9.17, 15) is 60.3 Å². The molecule has 2 heterocycles. The van der Waals surface area contributed by atoms with Crippen LogP contribution in [0.4, 0.5) is 0 Å². The first-order valence-electron chi connectivity index (χ1n) is 13.5. The molecule has 17 heteroatoms. The minimum atomic E-state index is -1.96. The first-order chi connectivity index (χ1) is 22.1. The lowest BCUT2D eigenvalue weighted by atomic mass is 9.99. The van der Waals surface area contributed by atoms with Gasteiger partial charge >= 0.3 is 11.9 Å². The summed E-state index contributed by atoms with van der Waals surface area (Å²) in [6.45, 7) is 2.38. The highest BCUT2D eigenvalue weighted by atomic mass is 16.7. The van der Waals surface area contributed by atoms with Crippen LogP contribution in [0.1, 0.15) is 24.2 Å². The second-order valence-corrected chi connectivity index (χ2v) is 10.4. The summed E-state index contributed by atoms with van der Waals surface area (Å²) < 4.78 is 27.9. The normalized spacial score (nSPS) is 20.9. The van der Waals surface area contributed by atoms with Gasteiger partial charge in [-0.25, -0.2) is 4.79 Å². The summed E-state index contributed by atoms with van der Waals surface area (Å²) in [5, 5.41) is 90.6. The second-order valence-electron chi connectivity index (χ2n) is 10.4. The van der Waals surface area contributed by atoms with Crippen LogP contribution in [-0.4, -0.2) is 88.6 Å². The van der Waals surface area contributed by atoms with Crippen molar-refractivity contribution in [3.63, 3.8) is 0 Å². The Morgan fingerprint density at radius 2 is 1.34 bits per heavy atom. The number of hydrogen-bond acceptors (Lipinski definition) is 17. The monoisotopic (exact) mass is 658 g/mol. The van der Waals surface area contributed by atoms with Crippen LogP contribution in [-0.2, 0) is 19.0 Å². The van der Waals surface area contributed by atoms with E-state index in [0.717, 1.165) is 43.3 Å². The van der Waals surface area contributed by atoms with E-state index in [-0.39, 0.29) is 5.56 Å². The largest absolute Gasteiger partial charge is 0.508 e. The third kappa shape index (κ3) is 5.99. The fourth-order valence-electron chi connectivity index (χ4n) is 4.90. The Labute approximate surface area is 261 Å². The predicted molar refractivity (Wildman–Crippen MR) is 153 cm³/mol. The standard InChI is InChI=1S/C30H26O17/c1-9-25(44-10(2)31)24(41)28(46-29(42)12-5-17(36)22(39)18(37)6-12)30(43-9)47-27-23(40)20-14(33)7-13(32)8-19(20)45-26(27)11-3-15(34)21(38)16(35)4-11/h3-9,24-25,28,30,32-39,41H,1-2H3/t9?,24?,25-,28-,30-/m0/s1. The number of carbonyl (C=O) groups is 2. The van der Waals surface area contributed by atoms with E-state index in [4.69, 9.17) is 23.4 Å². The van der Waals surface area contributed by atoms with Gasteiger partial charge in [0.15, 0.2) is 52.5 Å². The first-order valence-corrected chi connectivity index (χ1v) is 13.5. The lowest BCUT2D eigenvalue weighted by molar-refractivity contribution is -0.271. The van der Waals surface area contributed by atoms with E-state index >= 15 is 0 Å². The number of esters is 2. The zero-order valence-electron chi connectivity index (χ0n) is 24.1. The van der Waals surface area contributed by atoms with E-state index in [1.807, 2.05) is 0 Å². The summed E-state index contributed by atoms with van der Waals surface area (Å²) in [5.74, 6) is -10.2. The molecule has 0 saturated carbocycles. The fraction of sp³-hybridized carbons (Fsp3) is 0.233. The third-order valence-corrected chi connectivity index (χ3v) is 7.09. The minimum Gasteiger partial charge on any atom is -0.508 e. The molecule has 5 atom stereocenters. The van der Waals surface area contributed by atoms with Crippen molar-refractivity contribution >= 4 is 22.9 Å². The number of fused-ring (bicyclic) bond motifs is 1. The number of ether oxygens (including phenoxy) is 4. The Morgan fingerprint density at radius 1 is 0.766 bits per heavy atom. The van der Waals surface area contributed by atoms with Gasteiger partial charge in [-0.3, -0.25) is 9.59 Å². The number of phenols is 8. The summed E-state index contributed by atoms with van der Waals surface area (Å²) in [6, 6.07) is 4.98. The van der Waals surface area contributed by atoms with E-state index < -0.39 is 122 Å². The molecule has 9 N–H and O–H groups in total. The molecular weight excluding hydrogens is 632 g/mol. The summed E-state index contributed by atoms with van der Waals surface area (Å²) >= 11 is 0. The van der Waals surface area contributed by atoms with Gasteiger partial charge in [-0.05, 0) is 31.2 Å². The highest BCUT2D eigenvalue weighted by molar-refractivity contribution is 5.91. The van der Waals surface area contributed by atoms with Crippen molar-refractivity contribution < 1.29 is 78.9 Å². The zero-order valence-corrected chi connectivity index (χ0v) is 24.1. The van der Waals surface area contributed by atoms with Gasteiger partial charge in [-0.2, -0.15) is 0 Å². The zero-order chi connectivity index (χ0) is 34.5. The molecule has 248 valence electrons. The van der Waals surface area contributed by atoms with Gasteiger partial charge in [0.1, 0.15) is 28.6 Å².